The van der Waals surface area contributed by atoms with Crippen LogP contribution < -0.4 is 4.99 Å². The van der Waals surface area contributed by atoms with E-state index in [0.717, 1.165) is 5.71 Å². The maximum Gasteiger partial charge on any atom is 0.382 e. The van der Waals surface area contributed by atoms with E-state index in [0.29, 0.717) is 0 Å². The molecule has 0 aliphatic heterocycles. The zero-order chi connectivity index (χ0) is 5.86. The summed E-state index contributed by atoms with van der Waals surface area (Å²) < 4.78 is 0. The summed E-state index contributed by atoms with van der Waals surface area (Å²) in [5.74, 6) is 0.000000000000000444. The van der Waals surface area contributed by atoms with Crippen molar-refractivity contribution >= 4 is 11.6 Å². The molecule has 0 aliphatic carbocycles. The number of rotatable bonds is 0. The van der Waals surface area contributed by atoms with E-state index in [-0.39, 0.29) is 5.91 Å². The van der Waals surface area contributed by atoms with Crippen molar-refractivity contribution in [1.29, 1.82) is 0 Å². The predicted octanol–water partition coefficient (Wildman–Crippen LogP) is -0.906. The molecule has 40 valence electrons. The highest BCUT2D eigenvalue weighted by Gasteiger charge is 1.90. The third-order valence-corrected chi connectivity index (χ3v) is 0.426. The molecule has 0 fully saturated rings. The molecule has 0 heterocycles. The van der Waals surface area contributed by atoms with E-state index < -0.39 is 0 Å². The Kier molecular flexibility index (Phi) is 2.27. The first-order valence-corrected chi connectivity index (χ1v) is 2.20. The lowest BCUT2D eigenvalue weighted by Crippen LogP contribution is -2.75. The van der Waals surface area contributed by atoms with E-state index in [4.69, 9.17) is 0 Å². The molecule has 0 radical (unpaired) electrons. The van der Waals surface area contributed by atoms with Crippen LogP contribution in [0.15, 0.2) is 0 Å². The quantitative estimate of drug-likeness (QED) is 0.393. The van der Waals surface area contributed by atoms with Gasteiger partial charge in [-0.05, 0) is 0 Å². The monoisotopic (exact) mass is 100 g/mol. The van der Waals surface area contributed by atoms with Crippen molar-refractivity contribution in [1.82, 2.24) is 0 Å². The molecule has 0 saturated heterocycles. The third-order valence-electron chi connectivity index (χ3n) is 0.426. The van der Waals surface area contributed by atoms with Gasteiger partial charge in [0.05, 0.1) is 6.92 Å². The summed E-state index contributed by atoms with van der Waals surface area (Å²) >= 11 is 0. The number of carbonyl (C=O) groups is 1. The Morgan fingerprint density at radius 1 is 1.29 bits per heavy atom. The summed E-state index contributed by atoms with van der Waals surface area (Å²) in [6.45, 7) is 5.19. The fourth-order valence-corrected chi connectivity index (χ4v) is 0.352. The van der Waals surface area contributed by atoms with Gasteiger partial charge in [-0.25, -0.2) is 4.79 Å². The van der Waals surface area contributed by atoms with Crippen molar-refractivity contribution in [2.45, 2.75) is 20.8 Å². The molecule has 0 spiro atoms. The average molecular weight is 100 g/mol. The highest BCUT2D eigenvalue weighted by Crippen LogP contribution is 1.48. The molecule has 0 aromatic rings. The van der Waals surface area contributed by atoms with Gasteiger partial charge in [-0.1, -0.05) is 0 Å². The highest BCUT2D eigenvalue weighted by molar-refractivity contribution is 5.78. The van der Waals surface area contributed by atoms with Crippen LogP contribution in [0.3, 0.4) is 0 Å². The topological polar surface area (TPSA) is 31.0 Å². The predicted molar refractivity (Wildman–Crippen MR) is 28.0 cm³/mol. The lowest BCUT2D eigenvalue weighted by molar-refractivity contribution is -0.375. The molecule has 0 atom stereocenters. The van der Waals surface area contributed by atoms with Gasteiger partial charge >= 0.3 is 5.91 Å². The van der Waals surface area contributed by atoms with Crippen molar-refractivity contribution in [3.63, 3.8) is 0 Å². The summed E-state index contributed by atoms with van der Waals surface area (Å²) in [6.07, 6.45) is 0. The molecule has 0 aromatic heterocycles. The molecule has 0 aromatic carbocycles. The smallest absolute Gasteiger partial charge is 0.220 e. The van der Waals surface area contributed by atoms with Gasteiger partial charge in [-0.15, -0.1) is 0 Å². The van der Waals surface area contributed by atoms with Crippen molar-refractivity contribution in [3.05, 3.63) is 0 Å². The van der Waals surface area contributed by atoms with Crippen LogP contribution in [0.4, 0.5) is 0 Å². The molecular weight excluding hydrogens is 90.1 g/mol. The second kappa shape index (κ2) is 2.50. The molecule has 0 bridgehead atoms. The van der Waals surface area contributed by atoms with Crippen molar-refractivity contribution in [3.8, 4) is 0 Å². The lowest BCUT2D eigenvalue weighted by Gasteiger charge is -1.71. The number of carbonyl (C=O) groups excluding carboxylic acids is 1. The standard InChI is InChI=1S/C5H9NO/c1-4(2)6-5(3)7/h1-3H3/p+1. The number of amides is 1. The van der Waals surface area contributed by atoms with Crippen LogP contribution in [0.2, 0.25) is 0 Å². The Hall–Kier alpha value is -0.660. The fraction of sp³-hybridized carbons (Fsp3) is 0.600. The van der Waals surface area contributed by atoms with Gasteiger partial charge in [-0.3, -0.25) is 0 Å². The second-order valence-electron chi connectivity index (χ2n) is 1.68. The van der Waals surface area contributed by atoms with Gasteiger partial charge in [0.15, 0.2) is 5.71 Å². The van der Waals surface area contributed by atoms with Crippen molar-refractivity contribution in [2.75, 3.05) is 0 Å². The largest absolute Gasteiger partial charge is 0.382 e. The summed E-state index contributed by atoms with van der Waals surface area (Å²) in [6, 6.07) is 0. The summed E-state index contributed by atoms with van der Waals surface area (Å²) in [5.41, 5.74) is 0.938. The minimum atomic E-state index is 0.000000000000000444. The SMILES string of the molecule is CC(=O)[NH+]=C(C)C. The Morgan fingerprint density at radius 2 is 1.71 bits per heavy atom. The van der Waals surface area contributed by atoms with E-state index >= 15 is 0 Å². The van der Waals surface area contributed by atoms with Crippen LogP contribution in [0.25, 0.3) is 0 Å². The number of hydrogen-bond donors (Lipinski definition) is 1. The minimum Gasteiger partial charge on any atom is -0.220 e. The Morgan fingerprint density at radius 3 is 1.71 bits per heavy atom. The summed E-state index contributed by atoms with van der Waals surface area (Å²) in [7, 11) is 0. The molecule has 2 nitrogen and oxygen atoms in total. The average Bonchev–Trinajstić information content (AvgIpc) is 1.27. The van der Waals surface area contributed by atoms with Crippen LogP contribution in [-0.2, 0) is 4.79 Å². The van der Waals surface area contributed by atoms with E-state index in [1.165, 1.54) is 6.92 Å². The molecule has 0 rings (SSSR count). The molecule has 1 amide bonds. The second-order valence-corrected chi connectivity index (χ2v) is 1.68. The summed E-state index contributed by atoms with van der Waals surface area (Å²) in [4.78, 5) is 12.7. The fourth-order valence-electron chi connectivity index (χ4n) is 0.352. The lowest BCUT2D eigenvalue weighted by atomic mass is 10.5. The van der Waals surface area contributed by atoms with Crippen LogP contribution in [0, 0.1) is 0 Å². The zero-order valence-corrected chi connectivity index (χ0v) is 4.91. The Balaban J connectivity index is 3.68. The van der Waals surface area contributed by atoms with E-state index in [1.54, 1.807) is 0 Å². The van der Waals surface area contributed by atoms with Gasteiger partial charge in [0.2, 0.25) is 0 Å². The van der Waals surface area contributed by atoms with Gasteiger partial charge in [0.1, 0.15) is 0 Å². The van der Waals surface area contributed by atoms with Gasteiger partial charge in [0, 0.05) is 13.8 Å². The number of hydrogen-bond acceptors (Lipinski definition) is 1. The Labute approximate surface area is 43.3 Å². The normalized spacial score (nSPS) is 7.86. The number of nitrogens with one attached hydrogen (secondary N) is 1. The first-order valence-electron chi connectivity index (χ1n) is 2.20. The van der Waals surface area contributed by atoms with Crippen molar-refractivity contribution in [2.24, 2.45) is 0 Å². The van der Waals surface area contributed by atoms with Gasteiger partial charge < -0.3 is 0 Å². The van der Waals surface area contributed by atoms with E-state index in [1.807, 2.05) is 13.8 Å². The van der Waals surface area contributed by atoms with Crippen LogP contribution in [0.1, 0.15) is 20.8 Å². The van der Waals surface area contributed by atoms with Crippen LogP contribution in [0.5, 0.6) is 0 Å². The molecular formula is C5H10NO+. The first kappa shape index (κ1) is 6.34. The summed E-state index contributed by atoms with van der Waals surface area (Å²) in [5, 5.41) is 0. The molecule has 0 aliphatic rings. The Bertz CT molecular complexity index is 101. The molecule has 0 saturated carbocycles. The maximum atomic E-state index is 10.1. The van der Waals surface area contributed by atoms with Gasteiger partial charge in [-0.2, -0.15) is 4.99 Å². The van der Waals surface area contributed by atoms with Crippen LogP contribution >= 0.6 is 0 Å². The first-order chi connectivity index (χ1) is 3.13. The maximum absolute atomic E-state index is 10.1. The molecule has 1 N–H and O–H groups in total. The highest BCUT2D eigenvalue weighted by atomic mass is 16.1. The van der Waals surface area contributed by atoms with E-state index in [2.05, 4.69) is 4.99 Å². The minimum absolute atomic E-state index is 0.000000000000000444. The van der Waals surface area contributed by atoms with Crippen molar-refractivity contribution < 1.29 is 9.79 Å². The molecule has 0 unspecified atom stereocenters. The van der Waals surface area contributed by atoms with Crippen LogP contribution in [-0.4, -0.2) is 11.6 Å². The molecule has 7 heavy (non-hydrogen) atoms. The zero-order valence-electron chi connectivity index (χ0n) is 4.91. The van der Waals surface area contributed by atoms with E-state index in [9.17, 15) is 4.79 Å². The molecule has 2 heteroatoms. The third kappa shape index (κ3) is 5.34. The van der Waals surface area contributed by atoms with Gasteiger partial charge in [0.25, 0.3) is 0 Å².